The Balaban J connectivity index is 1.53. The molecule has 1 fully saturated rings. The third-order valence-corrected chi connectivity index (χ3v) is 5.57. The first kappa shape index (κ1) is 20.4. The van der Waals surface area contributed by atoms with Crippen molar-refractivity contribution in [2.45, 2.75) is 12.3 Å². The molecule has 1 aliphatic rings. The van der Waals surface area contributed by atoms with Crippen LogP contribution in [0, 0.1) is 5.92 Å². The Labute approximate surface area is 180 Å². The van der Waals surface area contributed by atoms with Crippen molar-refractivity contribution >= 4 is 29.2 Å². The summed E-state index contributed by atoms with van der Waals surface area (Å²) in [6.07, 6.45) is 0.900. The summed E-state index contributed by atoms with van der Waals surface area (Å²) in [4.78, 5) is 15.1. The molecule has 2 heterocycles. The molecule has 4 rings (SSSR count). The number of piperidine rings is 1. The van der Waals surface area contributed by atoms with Crippen molar-refractivity contribution in [1.29, 1.82) is 0 Å². The second-order valence-electron chi connectivity index (χ2n) is 7.28. The summed E-state index contributed by atoms with van der Waals surface area (Å²) in [6, 6.07) is 17.8. The van der Waals surface area contributed by atoms with Gasteiger partial charge in [0, 0.05) is 37.4 Å². The SMILES string of the molecule is COc1cccc(Nc2nc(Cl)nc(N3CCC(c4ccccc4)C(CO)C3)n2)c1. The lowest BCUT2D eigenvalue weighted by Crippen LogP contribution is -2.42. The van der Waals surface area contributed by atoms with Crippen LogP contribution in [0.25, 0.3) is 0 Å². The second-order valence-corrected chi connectivity index (χ2v) is 7.62. The Morgan fingerprint density at radius 2 is 1.97 bits per heavy atom. The molecule has 2 aromatic carbocycles. The zero-order valence-electron chi connectivity index (χ0n) is 16.7. The first-order valence-corrected chi connectivity index (χ1v) is 10.3. The normalized spacial score (nSPS) is 18.8. The van der Waals surface area contributed by atoms with Crippen LogP contribution in [0.5, 0.6) is 5.75 Å². The summed E-state index contributed by atoms with van der Waals surface area (Å²) < 4.78 is 5.25. The van der Waals surface area contributed by atoms with E-state index in [0.717, 1.165) is 24.4 Å². The monoisotopic (exact) mass is 425 g/mol. The minimum Gasteiger partial charge on any atom is -0.497 e. The van der Waals surface area contributed by atoms with Crippen molar-refractivity contribution < 1.29 is 9.84 Å². The Morgan fingerprint density at radius 1 is 1.13 bits per heavy atom. The molecule has 1 aliphatic heterocycles. The summed E-state index contributed by atoms with van der Waals surface area (Å²) in [6.45, 7) is 1.52. The number of aliphatic hydroxyl groups is 1. The van der Waals surface area contributed by atoms with Crippen LogP contribution >= 0.6 is 11.6 Å². The lowest BCUT2D eigenvalue weighted by atomic mass is 9.81. The van der Waals surface area contributed by atoms with Gasteiger partial charge in [-0.05, 0) is 41.6 Å². The molecule has 7 nitrogen and oxygen atoms in total. The largest absolute Gasteiger partial charge is 0.497 e. The number of aliphatic hydroxyl groups excluding tert-OH is 1. The van der Waals surface area contributed by atoms with Crippen LogP contribution in [0.1, 0.15) is 17.9 Å². The van der Waals surface area contributed by atoms with Gasteiger partial charge in [0.2, 0.25) is 17.2 Å². The molecule has 2 unspecified atom stereocenters. The topological polar surface area (TPSA) is 83.4 Å². The quantitative estimate of drug-likeness (QED) is 0.620. The molecule has 2 atom stereocenters. The van der Waals surface area contributed by atoms with E-state index in [0.29, 0.717) is 24.4 Å². The molecule has 2 N–H and O–H groups in total. The van der Waals surface area contributed by atoms with Gasteiger partial charge in [-0.25, -0.2) is 0 Å². The number of ether oxygens (including phenoxy) is 1. The van der Waals surface area contributed by atoms with Crippen molar-refractivity contribution in [2.75, 3.05) is 37.0 Å². The molecule has 30 heavy (non-hydrogen) atoms. The van der Waals surface area contributed by atoms with Crippen molar-refractivity contribution in [2.24, 2.45) is 5.92 Å². The van der Waals surface area contributed by atoms with E-state index < -0.39 is 0 Å². The molecule has 0 aliphatic carbocycles. The fourth-order valence-corrected chi connectivity index (χ4v) is 4.06. The van der Waals surface area contributed by atoms with Gasteiger partial charge in [0.25, 0.3) is 0 Å². The summed E-state index contributed by atoms with van der Waals surface area (Å²) in [5.74, 6) is 1.99. The van der Waals surface area contributed by atoms with Crippen LogP contribution in [0.2, 0.25) is 5.28 Å². The smallest absolute Gasteiger partial charge is 0.233 e. The zero-order chi connectivity index (χ0) is 20.9. The van der Waals surface area contributed by atoms with E-state index in [2.05, 4.69) is 37.3 Å². The van der Waals surface area contributed by atoms with Crippen molar-refractivity contribution in [1.82, 2.24) is 15.0 Å². The maximum atomic E-state index is 10.0. The average molecular weight is 426 g/mol. The van der Waals surface area contributed by atoms with E-state index in [4.69, 9.17) is 16.3 Å². The number of nitrogens with zero attached hydrogens (tertiary/aromatic N) is 4. The van der Waals surface area contributed by atoms with Crippen molar-refractivity contribution in [3.05, 3.63) is 65.4 Å². The lowest BCUT2D eigenvalue weighted by molar-refractivity contribution is 0.189. The molecule has 0 spiro atoms. The number of hydrogen-bond acceptors (Lipinski definition) is 7. The fraction of sp³-hybridized carbons (Fsp3) is 0.318. The van der Waals surface area contributed by atoms with Gasteiger partial charge in [-0.2, -0.15) is 15.0 Å². The van der Waals surface area contributed by atoms with E-state index >= 15 is 0 Å². The van der Waals surface area contributed by atoms with Gasteiger partial charge in [0.1, 0.15) is 5.75 Å². The van der Waals surface area contributed by atoms with Crippen LogP contribution in [-0.2, 0) is 0 Å². The summed E-state index contributed by atoms with van der Waals surface area (Å²) in [7, 11) is 1.62. The maximum Gasteiger partial charge on any atom is 0.233 e. The summed E-state index contributed by atoms with van der Waals surface area (Å²) in [5.41, 5.74) is 2.05. The predicted octanol–water partition coefficient (Wildman–Crippen LogP) is 3.88. The van der Waals surface area contributed by atoms with E-state index in [-0.39, 0.29) is 17.8 Å². The highest BCUT2D eigenvalue weighted by molar-refractivity contribution is 6.28. The molecule has 0 radical (unpaired) electrons. The van der Waals surface area contributed by atoms with Crippen molar-refractivity contribution in [3.8, 4) is 5.75 Å². The Morgan fingerprint density at radius 3 is 2.73 bits per heavy atom. The van der Waals surface area contributed by atoms with Crippen LogP contribution in [-0.4, -0.2) is 46.9 Å². The third kappa shape index (κ3) is 4.63. The molecule has 1 aromatic heterocycles. The zero-order valence-corrected chi connectivity index (χ0v) is 17.5. The molecule has 0 saturated carbocycles. The lowest BCUT2D eigenvalue weighted by Gasteiger charge is -2.38. The predicted molar refractivity (Wildman–Crippen MR) is 118 cm³/mol. The van der Waals surface area contributed by atoms with Crippen LogP contribution in [0.3, 0.4) is 0 Å². The van der Waals surface area contributed by atoms with E-state index in [9.17, 15) is 5.11 Å². The molecule has 1 saturated heterocycles. The molecular formula is C22H24ClN5O2. The number of nitrogens with one attached hydrogen (secondary N) is 1. The highest BCUT2D eigenvalue weighted by Gasteiger charge is 2.31. The fourth-order valence-electron chi connectivity index (χ4n) is 3.90. The molecular weight excluding hydrogens is 402 g/mol. The number of hydrogen-bond donors (Lipinski definition) is 2. The second kappa shape index (κ2) is 9.28. The van der Waals surface area contributed by atoms with Gasteiger partial charge in [-0.1, -0.05) is 36.4 Å². The van der Waals surface area contributed by atoms with Crippen LogP contribution in [0.15, 0.2) is 54.6 Å². The summed E-state index contributed by atoms with van der Waals surface area (Å²) >= 11 is 6.19. The molecule has 0 bridgehead atoms. The first-order valence-electron chi connectivity index (χ1n) is 9.89. The molecule has 156 valence electrons. The van der Waals surface area contributed by atoms with Gasteiger partial charge >= 0.3 is 0 Å². The number of halogens is 1. The number of anilines is 3. The van der Waals surface area contributed by atoms with Gasteiger partial charge < -0.3 is 20.1 Å². The van der Waals surface area contributed by atoms with Crippen molar-refractivity contribution in [3.63, 3.8) is 0 Å². The third-order valence-electron chi connectivity index (χ3n) is 5.40. The molecule has 8 heteroatoms. The first-order chi connectivity index (χ1) is 14.7. The van der Waals surface area contributed by atoms with E-state index in [1.165, 1.54) is 5.56 Å². The molecule has 3 aromatic rings. The number of rotatable bonds is 6. The molecule has 0 amide bonds. The minimum atomic E-state index is 0.0893. The maximum absolute atomic E-state index is 10.0. The Kier molecular flexibility index (Phi) is 6.30. The van der Waals surface area contributed by atoms with Gasteiger partial charge in [-0.3, -0.25) is 0 Å². The highest BCUT2D eigenvalue weighted by Crippen LogP contribution is 2.34. The van der Waals surface area contributed by atoms with Gasteiger partial charge in [0.15, 0.2) is 0 Å². The van der Waals surface area contributed by atoms with E-state index in [1.807, 2.05) is 42.5 Å². The summed E-state index contributed by atoms with van der Waals surface area (Å²) in [5, 5.41) is 13.3. The Hall–Kier alpha value is -2.90. The number of methoxy groups -OCH3 is 1. The van der Waals surface area contributed by atoms with Gasteiger partial charge in [0.05, 0.1) is 7.11 Å². The highest BCUT2D eigenvalue weighted by atomic mass is 35.5. The number of aromatic nitrogens is 3. The minimum absolute atomic E-state index is 0.0893. The Bertz CT molecular complexity index is 988. The number of benzene rings is 2. The van der Waals surface area contributed by atoms with Crippen LogP contribution < -0.4 is 15.0 Å². The van der Waals surface area contributed by atoms with Crippen LogP contribution in [0.4, 0.5) is 17.6 Å². The van der Waals surface area contributed by atoms with Gasteiger partial charge in [-0.15, -0.1) is 0 Å². The standard InChI is InChI=1S/C22H24ClN5O2/c1-30-18-9-5-8-17(12-18)24-21-25-20(23)26-22(27-21)28-11-10-19(16(13-28)14-29)15-6-3-2-4-7-15/h2-9,12,16,19,29H,10-11,13-14H2,1H3,(H,24,25,26,27). The average Bonchev–Trinajstić information content (AvgIpc) is 2.79. The van der Waals surface area contributed by atoms with E-state index in [1.54, 1.807) is 7.11 Å².